The minimum absolute atomic E-state index is 0.0306. The summed E-state index contributed by atoms with van der Waals surface area (Å²) in [6.07, 6.45) is 0.484. The van der Waals surface area contributed by atoms with Crippen LogP contribution in [0.3, 0.4) is 0 Å². The van der Waals surface area contributed by atoms with E-state index in [4.69, 9.17) is 0 Å². The Hall–Kier alpha value is -1.16. The van der Waals surface area contributed by atoms with E-state index >= 15 is 0 Å². The first-order valence-corrected chi connectivity index (χ1v) is 9.05. The van der Waals surface area contributed by atoms with E-state index in [1.54, 1.807) is 11.6 Å². The molecule has 10 heteroatoms. The van der Waals surface area contributed by atoms with Gasteiger partial charge in [0.05, 0.1) is 16.8 Å². The number of rotatable bonds is 5. The molecule has 1 aromatic heterocycles. The molecule has 112 valence electrons. The monoisotopic (exact) mass is 319 g/mol. The van der Waals surface area contributed by atoms with Crippen LogP contribution in [0.15, 0.2) is 5.16 Å². The maximum Gasteiger partial charge on any atom is 0.233 e. The van der Waals surface area contributed by atoms with Gasteiger partial charge < -0.3 is 5.32 Å². The minimum Gasteiger partial charge on any atom is -0.351 e. The van der Waals surface area contributed by atoms with Gasteiger partial charge in [-0.3, -0.25) is 4.79 Å². The van der Waals surface area contributed by atoms with Crippen molar-refractivity contribution in [2.24, 2.45) is 0 Å². The summed E-state index contributed by atoms with van der Waals surface area (Å²) in [6.45, 7) is 4.29. The predicted octanol–water partition coefficient (Wildman–Crippen LogP) is -0.523. The Balaban J connectivity index is 1.89. The summed E-state index contributed by atoms with van der Waals surface area (Å²) >= 11 is 1.26. The molecule has 2 rings (SSSR count). The number of amides is 1. The van der Waals surface area contributed by atoms with Crippen molar-refractivity contribution in [2.45, 2.75) is 43.3 Å². The van der Waals surface area contributed by atoms with Crippen LogP contribution in [0.4, 0.5) is 0 Å². The third-order valence-corrected chi connectivity index (χ3v) is 5.87. The SMILES string of the molecule is CCn1nnnc1S[C@H](C)C(=O)N[C@@H]1CCS(=O)(=O)C1. The van der Waals surface area contributed by atoms with Crippen LogP contribution in [-0.4, -0.2) is 57.3 Å². The molecule has 1 aliphatic rings. The Kier molecular flexibility index (Phi) is 4.63. The zero-order valence-electron chi connectivity index (χ0n) is 11.3. The first-order valence-electron chi connectivity index (χ1n) is 6.35. The quantitative estimate of drug-likeness (QED) is 0.727. The van der Waals surface area contributed by atoms with Gasteiger partial charge >= 0.3 is 0 Å². The smallest absolute Gasteiger partial charge is 0.233 e. The molecule has 1 fully saturated rings. The molecular formula is C10H17N5O3S2. The summed E-state index contributed by atoms with van der Waals surface area (Å²) in [7, 11) is -2.99. The van der Waals surface area contributed by atoms with Crippen LogP contribution in [0.5, 0.6) is 0 Å². The topological polar surface area (TPSA) is 107 Å². The summed E-state index contributed by atoms with van der Waals surface area (Å²) in [6, 6.07) is -0.280. The highest BCUT2D eigenvalue weighted by molar-refractivity contribution is 8.00. The molecule has 1 saturated heterocycles. The van der Waals surface area contributed by atoms with Crippen molar-refractivity contribution in [3.8, 4) is 0 Å². The Bertz CT molecular complexity index is 585. The zero-order valence-corrected chi connectivity index (χ0v) is 12.9. The second-order valence-electron chi connectivity index (χ2n) is 4.65. The lowest BCUT2D eigenvalue weighted by molar-refractivity contribution is -0.120. The van der Waals surface area contributed by atoms with E-state index in [0.717, 1.165) is 0 Å². The Morgan fingerprint density at radius 1 is 1.60 bits per heavy atom. The van der Waals surface area contributed by atoms with Crippen LogP contribution in [0, 0.1) is 0 Å². The predicted molar refractivity (Wildman–Crippen MR) is 74.0 cm³/mol. The van der Waals surface area contributed by atoms with Crippen LogP contribution in [-0.2, 0) is 21.2 Å². The Morgan fingerprint density at radius 2 is 2.35 bits per heavy atom. The molecule has 0 unspecified atom stereocenters. The number of nitrogens with one attached hydrogen (secondary N) is 1. The van der Waals surface area contributed by atoms with E-state index in [9.17, 15) is 13.2 Å². The Morgan fingerprint density at radius 3 is 2.95 bits per heavy atom. The molecule has 1 aliphatic heterocycles. The highest BCUT2D eigenvalue weighted by Gasteiger charge is 2.30. The number of hydrogen-bond acceptors (Lipinski definition) is 7. The van der Waals surface area contributed by atoms with E-state index in [1.807, 2.05) is 6.92 Å². The van der Waals surface area contributed by atoms with Gasteiger partial charge in [-0.25, -0.2) is 13.1 Å². The Labute approximate surface area is 121 Å². The van der Waals surface area contributed by atoms with Crippen molar-refractivity contribution in [1.29, 1.82) is 0 Å². The lowest BCUT2D eigenvalue weighted by Crippen LogP contribution is -2.40. The third kappa shape index (κ3) is 3.69. The van der Waals surface area contributed by atoms with Crippen molar-refractivity contribution < 1.29 is 13.2 Å². The molecule has 0 spiro atoms. The number of aryl methyl sites for hydroxylation is 1. The van der Waals surface area contributed by atoms with Crippen molar-refractivity contribution >= 4 is 27.5 Å². The average molecular weight is 319 g/mol. The summed E-state index contributed by atoms with van der Waals surface area (Å²) in [5.41, 5.74) is 0. The van der Waals surface area contributed by atoms with Gasteiger partial charge in [0.15, 0.2) is 9.84 Å². The number of thioether (sulfide) groups is 1. The van der Waals surface area contributed by atoms with Gasteiger partial charge in [0, 0.05) is 12.6 Å². The van der Waals surface area contributed by atoms with Crippen LogP contribution in [0.25, 0.3) is 0 Å². The molecule has 2 heterocycles. The molecule has 0 saturated carbocycles. The van der Waals surface area contributed by atoms with Gasteiger partial charge in [0.1, 0.15) is 0 Å². The van der Waals surface area contributed by atoms with Crippen LogP contribution >= 0.6 is 11.8 Å². The normalized spacial score (nSPS) is 22.6. The van der Waals surface area contributed by atoms with Gasteiger partial charge in [-0.1, -0.05) is 11.8 Å². The summed E-state index contributed by atoms with van der Waals surface area (Å²) in [5, 5.41) is 14.2. The van der Waals surface area contributed by atoms with Gasteiger partial charge in [-0.15, -0.1) is 5.10 Å². The number of carbonyl (C=O) groups excluding carboxylic acids is 1. The molecule has 8 nitrogen and oxygen atoms in total. The van der Waals surface area contributed by atoms with Crippen LogP contribution < -0.4 is 5.32 Å². The van der Waals surface area contributed by atoms with Crippen LogP contribution in [0.1, 0.15) is 20.3 Å². The highest BCUT2D eigenvalue weighted by Crippen LogP contribution is 2.21. The molecule has 0 radical (unpaired) electrons. The molecule has 0 bridgehead atoms. The molecular weight excluding hydrogens is 302 g/mol. The summed E-state index contributed by atoms with van der Waals surface area (Å²) in [5.74, 6) is -0.0149. The molecule has 1 aromatic rings. The molecule has 0 aromatic carbocycles. The maximum atomic E-state index is 12.0. The zero-order chi connectivity index (χ0) is 14.8. The molecule has 20 heavy (non-hydrogen) atoms. The van der Waals surface area contributed by atoms with Crippen molar-refractivity contribution in [1.82, 2.24) is 25.5 Å². The molecule has 0 aliphatic carbocycles. The lowest BCUT2D eigenvalue weighted by Gasteiger charge is -2.15. The fraction of sp³-hybridized carbons (Fsp3) is 0.800. The summed E-state index contributed by atoms with van der Waals surface area (Å²) in [4.78, 5) is 12.0. The van der Waals surface area contributed by atoms with Crippen molar-refractivity contribution in [2.75, 3.05) is 11.5 Å². The van der Waals surface area contributed by atoms with E-state index in [2.05, 4.69) is 20.8 Å². The van der Waals surface area contributed by atoms with Gasteiger partial charge in [-0.05, 0) is 30.7 Å². The van der Waals surface area contributed by atoms with E-state index in [-0.39, 0.29) is 28.7 Å². The second kappa shape index (κ2) is 6.08. The van der Waals surface area contributed by atoms with Gasteiger partial charge in [0.25, 0.3) is 0 Å². The number of carbonyl (C=O) groups is 1. The molecule has 1 N–H and O–H groups in total. The van der Waals surface area contributed by atoms with Crippen LogP contribution in [0.2, 0.25) is 0 Å². The maximum absolute atomic E-state index is 12.0. The standard InChI is InChI=1S/C10H17N5O3S2/c1-3-15-10(12-13-14-15)19-7(2)9(16)11-8-4-5-20(17,18)6-8/h7-8H,3-6H2,1-2H3,(H,11,16)/t7-,8-/m1/s1. The second-order valence-corrected chi connectivity index (χ2v) is 8.18. The molecule has 1 amide bonds. The average Bonchev–Trinajstić information content (AvgIpc) is 2.95. The minimum atomic E-state index is -2.99. The first kappa shape index (κ1) is 15.2. The van der Waals surface area contributed by atoms with E-state index in [1.165, 1.54) is 11.8 Å². The van der Waals surface area contributed by atoms with E-state index in [0.29, 0.717) is 18.1 Å². The van der Waals surface area contributed by atoms with Gasteiger partial charge in [-0.2, -0.15) is 0 Å². The fourth-order valence-electron chi connectivity index (χ4n) is 1.92. The number of aromatic nitrogens is 4. The lowest BCUT2D eigenvalue weighted by atomic mass is 10.2. The van der Waals surface area contributed by atoms with Gasteiger partial charge in [0.2, 0.25) is 11.1 Å². The number of sulfone groups is 1. The number of tetrazole rings is 1. The number of hydrogen-bond donors (Lipinski definition) is 1. The number of nitrogens with zero attached hydrogens (tertiary/aromatic N) is 4. The largest absolute Gasteiger partial charge is 0.351 e. The summed E-state index contributed by atoms with van der Waals surface area (Å²) < 4.78 is 24.3. The highest BCUT2D eigenvalue weighted by atomic mass is 32.2. The molecule has 2 atom stereocenters. The fourth-order valence-corrected chi connectivity index (χ4v) is 4.45. The van der Waals surface area contributed by atoms with E-state index < -0.39 is 9.84 Å². The third-order valence-electron chi connectivity index (χ3n) is 3.03. The van der Waals surface area contributed by atoms with Crippen molar-refractivity contribution in [3.63, 3.8) is 0 Å². The first-order chi connectivity index (χ1) is 9.41. The van der Waals surface area contributed by atoms with Crippen molar-refractivity contribution in [3.05, 3.63) is 0 Å².